The average Bonchev–Trinajstić information content (AvgIpc) is 2.34. The van der Waals surface area contributed by atoms with E-state index in [-0.39, 0.29) is 0 Å². The van der Waals surface area contributed by atoms with Crippen molar-refractivity contribution in [2.45, 2.75) is 6.42 Å². The largest absolute Gasteiger partial charge is 0.467 e. The summed E-state index contributed by atoms with van der Waals surface area (Å²) >= 11 is 1.82. The lowest BCUT2D eigenvalue weighted by atomic mass is 10.5. The van der Waals surface area contributed by atoms with Crippen LogP contribution in [-0.4, -0.2) is 47.7 Å². The molecule has 0 spiro atoms. The molecule has 6 nitrogen and oxygen atoms in total. The van der Waals surface area contributed by atoms with Gasteiger partial charge in [0.15, 0.2) is 0 Å². The van der Waals surface area contributed by atoms with Gasteiger partial charge in [-0.3, -0.25) is 0 Å². The van der Waals surface area contributed by atoms with Gasteiger partial charge in [0, 0.05) is 13.6 Å². The number of hydrogen-bond donors (Lipinski definition) is 2. The molecule has 0 saturated heterocycles. The van der Waals surface area contributed by atoms with E-state index in [0.717, 1.165) is 18.7 Å². The smallest absolute Gasteiger partial charge is 0.322 e. The molecule has 1 heterocycles. The van der Waals surface area contributed by atoms with E-state index >= 15 is 0 Å². The van der Waals surface area contributed by atoms with E-state index in [0.29, 0.717) is 17.9 Å². The molecular formula is C9H17N5OS. The normalized spacial score (nSPS) is 9.94. The highest BCUT2D eigenvalue weighted by Crippen LogP contribution is 2.10. The van der Waals surface area contributed by atoms with Crippen molar-refractivity contribution >= 4 is 23.7 Å². The maximum Gasteiger partial charge on any atom is 0.322 e. The number of hydrogen-bond acceptors (Lipinski definition) is 7. The first-order chi connectivity index (χ1) is 7.80. The van der Waals surface area contributed by atoms with Gasteiger partial charge in [-0.05, 0) is 18.4 Å². The molecule has 2 N–H and O–H groups in total. The molecule has 0 aliphatic heterocycles. The molecule has 0 saturated carbocycles. The standard InChI is InChI=1S/C9H17N5OS/c1-10-7-12-8(11-5-4-6-16-3)14-9(13-7)15-2/h4-6H2,1-3H3,(H2,10,11,12,13,14). The maximum absolute atomic E-state index is 4.98. The molecule has 0 atom stereocenters. The molecule has 0 aliphatic rings. The molecule has 7 heteroatoms. The topological polar surface area (TPSA) is 72.0 Å². The minimum atomic E-state index is 0.312. The fourth-order valence-corrected chi connectivity index (χ4v) is 1.49. The van der Waals surface area contributed by atoms with Crippen molar-refractivity contribution < 1.29 is 4.74 Å². The first-order valence-corrected chi connectivity index (χ1v) is 6.40. The first kappa shape index (κ1) is 12.8. The van der Waals surface area contributed by atoms with Gasteiger partial charge < -0.3 is 15.4 Å². The highest BCUT2D eigenvalue weighted by atomic mass is 32.2. The SMILES string of the molecule is CNc1nc(NCCCSC)nc(OC)n1. The van der Waals surface area contributed by atoms with Crippen LogP contribution in [0.3, 0.4) is 0 Å². The number of thioether (sulfide) groups is 1. The van der Waals surface area contributed by atoms with Crippen molar-refractivity contribution in [3.05, 3.63) is 0 Å². The highest BCUT2D eigenvalue weighted by molar-refractivity contribution is 7.98. The fraction of sp³-hybridized carbons (Fsp3) is 0.667. The van der Waals surface area contributed by atoms with Gasteiger partial charge in [0.25, 0.3) is 0 Å². The highest BCUT2D eigenvalue weighted by Gasteiger charge is 2.04. The molecule has 1 aromatic heterocycles. The molecule has 0 unspecified atom stereocenters. The Morgan fingerprint density at radius 3 is 2.62 bits per heavy atom. The van der Waals surface area contributed by atoms with Crippen molar-refractivity contribution in [1.82, 2.24) is 15.0 Å². The zero-order chi connectivity index (χ0) is 11.8. The minimum absolute atomic E-state index is 0.312. The van der Waals surface area contributed by atoms with Crippen LogP contribution in [0.25, 0.3) is 0 Å². The summed E-state index contributed by atoms with van der Waals surface area (Å²) in [7, 11) is 3.29. The zero-order valence-corrected chi connectivity index (χ0v) is 10.6. The summed E-state index contributed by atoms with van der Waals surface area (Å²) in [6.07, 6.45) is 3.16. The maximum atomic E-state index is 4.98. The van der Waals surface area contributed by atoms with E-state index in [4.69, 9.17) is 4.74 Å². The predicted molar refractivity (Wildman–Crippen MR) is 67.4 cm³/mol. The first-order valence-electron chi connectivity index (χ1n) is 5.00. The van der Waals surface area contributed by atoms with Crippen LogP contribution in [0.2, 0.25) is 0 Å². The Balaban J connectivity index is 2.57. The molecular weight excluding hydrogens is 226 g/mol. The lowest BCUT2D eigenvalue weighted by molar-refractivity contribution is 0.379. The summed E-state index contributed by atoms with van der Waals surface area (Å²) in [6.45, 7) is 0.844. The molecule has 0 aromatic carbocycles. The van der Waals surface area contributed by atoms with Crippen LogP contribution in [0.4, 0.5) is 11.9 Å². The van der Waals surface area contributed by atoms with Gasteiger partial charge in [-0.25, -0.2) is 0 Å². The van der Waals surface area contributed by atoms with Gasteiger partial charge in [-0.2, -0.15) is 26.7 Å². The summed E-state index contributed by atoms with van der Waals surface area (Å²) in [6, 6.07) is 0.312. The third-order valence-corrected chi connectivity index (χ3v) is 2.53. The molecule has 1 rings (SSSR count). The molecule has 0 radical (unpaired) electrons. The second-order valence-corrected chi connectivity index (χ2v) is 3.98. The third-order valence-electron chi connectivity index (χ3n) is 1.83. The van der Waals surface area contributed by atoms with Crippen molar-refractivity contribution in [3.8, 4) is 6.01 Å². The monoisotopic (exact) mass is 243 g/mol. The van der Waals surface area contributed by atoms with Gasteiger partial charge in [0.2, 0.25) is 11.9 Å². The summed E-state index contributed by atoms with van der Waals surface area (Å²) in [5.41, 5.74) is 0. The quantitative estimate of drug-likeness (QED) is 0.694. The van der Waals surface area contributed by atoms with Crippen molar-refractivity contribution in [3.63, 3.8) is 0 Å². The zero-order valence-electron chi connectivity index (χ0n) is 9.78. The van der Waals surface area contributed by atoms with Crippen LogP contribution >= 0.6 is 11.8 Å². The molecule has 90 valence electrons. The van der Waals surface area contributed by atoms with Crippen LogP contribution in [0.15, 0.2) is 0 Å². The molecule has 16 heavy (non-hydrogen) atoms. The number of nitrogens with one attached hydrogen (secondary N) is 2. The van der Waals surface area contributed by atoms with Crippen LogP contribution < -0.4 is 15.4 Å². The molecule has 1 aromatic rings. The van der Waals surface area contributed by atoms with E-state index in [1.165, 1.54) is 7.11 Å². The van der Waals surface area contributed by atoms with Crippen LogP contribution in [0.5, 0.6) is 6.01 Å². The number of nitrogens with zero attached hydrogens (tertiary/aromatic N) is 3. The lowest BCUT2D eigenvalue weighted by Crippen LogP contribution is -2.09. The summed E-state index contributed by atoms with van der Waals surface area (Å²) < 4.78 is 4.98. The second kappa shape index (κ2) is 7.10. The Labute approximate surface area is 99.6 Å². The van der Waals surface area contributed by atoms with Crippen molar-refractivity contribution in [2.75, 3.05) is 43.3 Å². The lowest BCUT2D eigenvalue weighted by Gasteiger charge is -2.07. The number of methoxy groups -OCH3 is 1. The van der Waals surface area contributed by atoms with Crippen LogP contribution in [0, 0.1) is 0 Å². The van der Waals surface area contributed by atoms with E-state index in [9.17, 15) is 0 Å². The Morgan fingerprint density at radius 1 is 1.25 bits per heavy atom. The molecule has 0 bridgehead atoms. The van der Waals surface area contributed by atoms with E-state index < -0.39 is 0 Å². The van der Waals surface area contributed by atoms with Crippen molar-refractivity contribution in [1.29, 1.82) is 0 Å². The summed E-state index contributed by atoms with van der Waals surface area (Å²) in [5.74, 6) is 2.16. The Bertz CT molecular complexity index is 301. The Hall–Kier alpha value is -1.24. The van der Waals surface area contributed by atoms with Gasteiger partial charge in [-0.1, -0.05) is 0 Å². The predicted octanol–water partition coefficient (Wildman–Crippen LogP) is 1.09. The van der Waals surface area contributed by atoms with E-state index in [1.54, 1.807) is 7.05 Å². The Kier molecular flexibility index (Phi) is 5.69. The van der Waals surface area contributed by atoms with Gasteiger partial charge in [0.1, 0.15) is 0 Å². The van der Waals surface area contributed by atoms with Crippen LogP contribution in [-0.2, 0) is 0 Å². The van der Waals surface area contributed by atoms with Gasteiger partial charge >= 0.3 is 6.01 Å². The third kappa shape index (κ3) is 4.09. The summed E-state index contributed by atoms with van der Waals surface area (Å²) in [5, 5.41) is 5.99. The van der Waals surface area contributed by atoms with Gasteiger partial charge in [-0.15, -0.1) is 0 Å². The van der Waals surface area contributed by atoms with E-state index in [1.807, 2.05) is 11.8 Å². The Morgan fingerprint density at radius 2 is 2.00 bits per heavy atom. The average molecular weight is 243 g/mol. The number of ether oxygens (including phenoxy) is 1. The second-order valence-electron chi connectivity index (χ2n) is 2.99. The van der Waals surface area contributed by atoms with Crippen molar-refractivity contribution in [2.24, 2.45) is 0 Å². The van der Waals surface area contributed by atoms with Gasteiger partial charge in [0.05, 0.1) is 7.11 Å². The molecule has 0 fully saturated rings. The minimum Gasteiger partial charge on any atom is -0.467 e. The van der Waals surface area contributed by atoms with E-state index in [2.05, 4.69) is 31.8 Å². The number of aromatic nitrogens is 3. The summed E-state index contributed by atoms with van der Waals surface area (Å²) in [4.78, 5) is 12.3. The molecule has 0 amide bonds. The number of anilines is 2. The number of rotatable bonds is 7. The van der Waals surface area contributed by atoms with Crippen LogP contribution in [0.1, 0.15) is 6.42 Å². The molecule has 0 aliphatic carbocycles. The fourth-order valence-electron chi connectivity index (χ4n) is 1.06.